The lowest BCUT2D eigenvalue weighted by Gasteiger charge is -2.20. The molecule has 1 rings (SSSR count). The van der Waals surface area contributed by atoms with Crippen molar-refractivity contribution in [3.63, 3.8) is 0 Å². The second-order valence-electron chi connectivity index (χ2n) is 3.79. The predicted octanol–water partition coefficient (Wildman–Crippen LogP) is 3.07. The van der Waals surface area contributed by atoms with Crippen LogP contribution >= 0.6 is 34.8 Å². The Morgan fingerprint density at radius 1 is 1.30 bits per heavy atom. The van der Waals surface area contributed by atoms with E-state index in [4.69, 9.17) is 34.8 Å². The molecule has 0 saturated carbocycles. The quantitative estimate of drug-likeness (QED) is 0.774. The van der Waals surface area contributed by atoms with Crippen molar-refractivity contribution in [3.8, 4) is 0 Å². The van der Waals surface area contributed by atoms with Gasteiger partial charge in [0.15, 0.2) is 0 Å². The van der Waals surface area contributed by atoms with Crippen LogP contribution in [-0.2, 0) is 9.53 Å². The first kappa shape index (κ1) is 17.0. The Kier molecular flexibility index (Phi) is 6.52. The summed E-state index contributed by atoms with van der Waals surface area (Å²) in [4.78, 5) is 28.7. The van der Waals surface area contributed by atoms with Crippen molar-refractivity contribution in [1.29, 1.82) is 0 Å². The summed E-state index contributed by atoms with van der Waals surface area (Å²) in [5.74, 6) is -0.815. The fourth-order valence-corrected chi connectivity index (χ4v) is 2.04. The predicted molar refractivity (Wildman–Crippen MR) is 77.5 cm³/mol. The molecule has 0 unspecified atom stereocenters. The first-order valence-electron chi connectivity index (χ1n) is 5.77. The molecule has 1 amide bonds. The van der Waals surface area contributed by atoms with Gasteiger partial charge >= 0.3 is 5.97 Å². The molecule has 0 N–H and O–H groups in total. The van der Waals surface area contributed by atoms with E-state index < -0.39 is 11.9 Å². The molecule has 0 aliphatic rings. The van der Waals surface area contributed by atoms with Crippen LogP contribution in [0.3, 0.4) is 0 Å². The van der Waals surface area contributed by atoms with Crippen LogP contribution in [-0.4, -0.2) is 42.0 Å². The third kappa shape index (κ3) is 3.98. The topological polar surface area (TPSA) is 59.5 Å². The largest absolute Gasteiger partial charge is 0.469 e. The molecule has 0 spiro atoms. The summed E-state index contributed by atoms with van der Waals surface area (Å²) >= 11 is 17.6. The van der Waals surface area contributed by atoms with E-state index in [2.05, 4.69) is 9.72 Å². The number of carbonyl (C=O) groups is 2. The van der Waals surface area contributed by atoms with Gasteiger partial charge in [0, 0.05) is 19.3 Å². The van der Waals surface area contributed by atoms with E-state index in [-0.39, 0.29) is 33.7 Å². The lowest BCUT2D eigenvalue weighted by Crippen LogP contribution is -2.33. The molecule has 8 heteroatoms. The highest BCUT2D eigenvalue weighted by Crippen LogP contribution is 2.31. The van der Waals surface area contributed by atoms with Crippen LogP contribution in [0.4, 0.5) is 0 Å². The summed E-state index contributed by atoms with van der Waals surface area (Å²) in [5, 5.41) is 0.252. The molecule has 0 aliphatic heterocycles. The number of ether oxygens (including phenoxy) is 1. The molecule has 0 atom stereocenters. The van der Waals surface area contributed by atoms with Gasteiger partial charge in [0.25, 0.3) is 5.91 Å². The van der Waals surface area contributed by atoms with Crippen molar-refractivity contribution in [3.05, 3.63) is 27.0 Å². The Morgan fingerprint density at radius 2 is 1.95 bits per heavy atom. The Balaban J connectivity index is 2.91. The van der Waals surface area contributed by atoms with E-state index in [1.807, 2.05) is 0 Å². The van der Waals surface area contributed by atoms with E-state index in [1.165, 1.54) is 18.2 Å². The van der Waals surface area contributed by atoms with E-state index in [9.17, 15) is 9.59 Å². The SMILES string of the molecule is CCN(CCC(=O)OC)C(=O)c1ncc(Cl)c(Cl)c1Cl. The van der Waals surface area contributed by atoms with Gasteiger partial charge in [-0.05, 0) is 6.92 Å². The molecule has 1 aromatic rings. The Hall–Kier alpha value is -1.04. The maximum atomic E-state index is 12.3. The number of amides is 1. The Morgan fingerprint density at radius 3 is 2.50 bits per heavy atom. The average molecular weight is 340 g/mol. The maximum absolute atomic E-state index is 12.3. The zero-order chi connectivity index (χ0) is 15.3. The van der Waals surface area contributed by atoms with Crippen molar-refractivity contribution in [1.82, 2.24) is 9.88 Å². The fourth-order valence-electron chi connectivity index (χ4n) is 1.47. The summed E-state index contributed by atoms with van der Waals surface area (Å²) in [5.41, 5.74) is 0.00721. The number of halogens is 3. The lowest BCUT2D eigenvalue weighted by atomic mass is 10.3. The molecule has 20 heavy (non-hydrogen) atoms. The molecule has 0 radical (unpaired) electrons. The number of pyridine rings is 1. The van der Waals surface area contributed by atoms with Crippen LogP contribution in [0.5, 0.6) is 0 Å². The normalized spacial score (nSPS) is 10.2. The highest BCUT2D eigenvalue weighted by molar-refractivity contribution is 6.48. The fraction of sp³-hybridized carbons (Fsp3) is 0.417. The summed E-state index contributed by atoms with van der Waals surface area (Å²) < 4.78 is 4.53. The minimum Gasteiger partial charge on any atom is -0.469 e. The molecule has 110 valence electrons. The van der Waals surface area contributed by atoms with Gasteiger partial charge in [0.2, 0.25) is 0 Å². The van der Waals surface area contributed by atoms with Gasteiger partial charge in [-0.15, -0.1) is 0 Å². The first-order chi connectivity index (χ1) is 9.42. The lowest BCUT2D eigenvalue weighted by molar-refractivity contribution is -0.140. The summed E-state index contributed by atoms with van der Waals surface area (Å²) in [6.07, 6.45) is 1.35. The zero-order valence-corrected chi connectivity index (χ0v) is 13.2. The number of hydrogen-bond acceptors (Lipinski definition) is 4. The van der Waals surface area contributed by atoms with Crippen LogP contribution in [0.25, 0.3) is 0 Å². The Bertz CT molecular complexity index is 523. The van der Waals surface area contributed by atoms with E-state index >= 15 is 0 Å². The van der Waals surface area contributed by atoms with Crippen molar-refractivity contribution < 1.29 is 14.3 Å². The third-order valence-corrected chi connectivity index (χ3v) is 3.84. The monoisotopic (exact) mass is 338 g/mol. The van der Waals surface area contributed by atoms with Crippen molar-refractivity contribution in [2.24, 2.45) is 0 Å². The number of aromatic nitrogens is 1. The maximum Gasteiger partial charge on any atom is 0.307 e. The number of rotatable bonds is 5. The standard InChI is InChI=1S/C12H13Cl3N2O3/c1-3-17(5-4-8(18)20-2)12(19)11-10(15)9(14)7(13)6-16-11/h6H,3-5H2,1-2H3. The van der Waals surface area contributed by atoms with Crippen LogP contribution in [0.2, 0.25) is 15.1 Å². The third-order valence-electron chi connectivity index (χ3n) is 2.60. The summed E-state index contributed by atoms with van der Waals surface area (Å²) in [7, 11) is 1.29. The molecular formula is C12H13Cl3N2O3. The first-order valence-corrected chi connectivity index (χ1v) is 6.91. The van der Waals surface area contributed by atoms with E-state index in [1.54, 1.807) is 6.92 Å². The molecular weight excluding hydrogens is 327 g/mol. The molecule has 1 aromatic heterocycles. The minimum atomic E-state index is -0.417. The number of hydrogen-bond donors (Lipinski definition) is 0. The second kappa shape index (κ2) is 7.67. The van der Waals surface area contributed by atoms with E-state index in [0.717, 1.165) is 0 Å². The molecule has 5 nitrogen and oxygen atoms in total. The molecule has 0 aliphatic carbocycles. The van der Waals surface area contributed by atoms with Gasteiger partial charge in [-0.2, -0.15) is 0 Å². The van der Waals surface area contributed by atoms with Crippen LogP contribution in [0.1, 0.15) is 23.8 Å². The number of carbonyl (C=O) groups excluding carboxylic acids is 2. The van der Waals surface area contributed by atoms with E-state index in [0.29, 0.717) is 6.54 Å². The molecule has 0 aromatic carbocycles. The summed E-state index contributed by atoms with van der Waals surface area (Å²) in [6.45, 7) is 2.38. The number of methoxy groups -OCH3 is 1. The van der Waals surface area contributed by atoms with Crippen LogP contribution in [0.15, 0.2) is 6.20 Å². The average Bonchev–Trinajstić information content (AvgIpc) is 2.45. The number of esters is 1. The van der Waals surface area contributed by atoms with Gasteiger partial charge in [0.05, 0.1) is 28.6 Å². The van der Waals surface area contributed by atoms with Gasteiger partial charge in [0.1, 0.15) is 5.69 Å². The van der Waals surface area contributed by atoms with Crippen molar-refractivity contribution in [2.45, 2.75) is 13.3 Å². The Labute approximate surface area is 131 Å². The van der Waals surface area contributed by atoms with Crippen molar-refractivity contribution in [2.75, 3.05) is 20.2 Å². The molecule has 0 fully saturated rings. The second-order valence-corrected chi connectivity index (χ2v) is 4.96. The molecule has 0 bridgehead atoms. The molecule has 1 heterocycles. The summed E-state index contributed by atoms with van der Waals surface area (Å²) in [6, 6.07) is 0. The van der Waals surface area contributed by atoms with Gasteiger partial charge in [-0.25, -0.2) is 4.98 Å². The highest BCUT2D eigenvalue weighted by atomic mass is 35.5. The number of nitrogens with zero attached hydrogens (tertiary/aromatic N) is 2. The molecule has 0 saturated heterocycles. The highest BCUT2D eigenvalue weighted by Gasteiger charge is 2.22. The van der Waals surface area contributed by atoms with Gasteiger partial charge in [-0.3, -0.25) is 9.59 Å². The van der Waals surface area contributed by atoms with Crippen LogP contribution in [0, 0.1) is 0 Å². The zero-order valence-electron chi connectivity index (χ0n) is 11.0. The smallest absolute Gasteiger partial charge is 0.307 e. The van der Waals surface area contributed by atoms with Gasteiger partial charge in [-0.1, -0.05) is 34.8 Å². The van der Waals surface area contributed by atoms with Crippen LogP contribution < -0.4 is 0 Å². The van der Waals surface area contributed by atoms with Crippen molar-refractivity contribution >= 4 is 46.7 Å². The minimum absolute atomic E-state index is 0.000634. The van der Waals surface area contributed by atoms with Gasteiger partial charge < -0.3 is 9.64 Å².